The van der Waals surface area contributed by atoms with Crippen molar-refractivity contribution < 1.29 is 19.4 Å². The number of nitrogens with one attached hydrogen (secondary N) is 1. The number of benzene rings is 1. The van der Waals surface area contributed by atoms with Gasteiger partial charge in [0.15, 0.2) is 0 Å². The van der Waals surface area contributed by atoms with Crippen molar-refractivity contribution in [2.24, 2.45) is 0 Å². The molecule has 0 radical (unpaired) electrons. The molecule has 0 bridgehead atoms. The first kappa shape index (κ1) is 17.0. The normalized spacial score (nSPS) is 17.3. The van der Waals surface area contributed by atoms with Crippen LogP contribution < -0.4 is 5.32 Å². The zero-order chi connectivity index (χ0) is 17.6. The molecule has 2 N–H and O–H groups in total. The van der Waals surface area contributed by atoms with Crippen molar-refractivity contribution in [2.45, 2.75) is 19.2 Å². The Balaban J connectivity index is 1.49. The van der Waals surface area contributed by atoms with Crippen molar-refractivity contribution >= 4 is 12.0 Å². The third-order valence-corrected chi connectivity index (χ3v) is 4.02. The topological polar surface area (TPSA) is 96.7 Å². The third kappa shape index (κ3) is 4.57. The lowest BCUT2D eigenvalue weighted by Gasteiger charge is -2.33. The van der Waals surface area contributed by atoms with Gasteiger partial charge in [0, 0.05) is 25.5 Å². The highest BCUT2D eigenvalue weighted by Gasteiger charge is 2.24. The summed E-state index contributed by atoms with van der Waals surface area (Å²) in [5.74, 6) is -0.966. The number of carboxylic acid groups (broad SMARTS) is 1. The molecule has 2 aromatic rings. The molecule has 1 unspecified atom stereocenters. The van der Waals surface area contributed by atoms with Gasteiger partial charge in [0.25, 0.3) is 0 Å². The molecule has 0 saturated carbocycles. The number of nitrogens with zero attached hydrogens (tertiary/aromatic N) is 3. The number of carboxylic acids is 1. The van der Waals surface area contributed by atoms with Crippen LogP contribution in [0.2, 0.25) is 0 Å². The minimum atomic E-state index is -0.966. The Morgan fingerprint density at radius 1 is 1.32 bits per heavy atom. The van der Waals surface area contributed by atoms with Crippen LogP contribution in [0, 0.1) is 0 Å². The lowest BCUT2D eigenvalue weighted by Crippen LogP contribution is -2.50. The molecule has 1 atom stereocenters. The summed E-state index contributed by atoms with van der Waals surface area (Å²) in [6, 6.07) is 8.14. The van der Waals surface area contributed by atoms with Crippen LogP contribution in [0.25, 0.3) is 0 Å². The first-order chi connectivity index (χ1) is 12.1. The Bertz CT molecular complexity index is 715. The van der Waals surface area contributed by atoms with Gasteiger partial charge in [-0.25, -0.2) is 9.59 Å². The van der Waals surface area contributed by atoms with E-state index < -0.39 is 5.97 Å². The average Bonchev–Trinajstić information content (AvgIpc) is 3.13. The van der Waals surface area contributed by atoms with Crippen molar-refractivity contribution in [3.05, 3.63) is 53.9 Å². The van der Waals surface area contributed by atoms with Crippen LogP contribution in [0.4, 0.5) is 4.79 Å². The lowest BCUT2D eigenvalue weighted by atomic mass is 10.1. The molecular formula is C17H20N4O4. The van der Waals surface area contributed by atoms with Crippen molar-refractivity contribution in [3.63, 3.8) is 0 Å². The summed E-state index contributed by atoms with van der Waals surface area (Å²) in [4.78, 5) is 24.9. The van der Waals surface area contributed by atoms with E-state index in [0.29, 0.717) is 32.8 Å². The predicted octanol–water partition coefficient (Wildman–Crippen LogP) is 1.19. The SMILES string of the molecule is O=C(O)c1ccc(CNC(=O)N2CCOC(Cn3cccn3)C2)cc1. The molecule has 1 aliphatic heterocycles. The fraction of sp³-hybridized carbons (Fsp3) is 0.353. The number of aromatic nitrogens is 2. The Morgan fingerprint density at radius 2 is 2.12 bits per heavy atom. The Kier molecular flexibility index (Phi) is 5.30. The maximum atomic E-state index is 12.3. The van der Waals surface area contributed by atoms with E-state index >= 15 is 0 Å². The van der Waals surface area contributed by atoms with Gasteiger partial charge in [0.2, 0.25) is 0 Å². The average molecular weight is 344 g/mol. The predicted molar refractivity (Wildman–Crippen MR) is 89.2 cm³/mol. The molecule has 2 amide bonds. The number of rotatable bonds is 5. The summed E-state index contributed by atoms with van der Waals surface area (Å²) >= 11 is 0. The van der Waals surface area contributed by atoms with Gasteiger partial charge in [-0.1, -0.05) is 12.1 Å². The van der Waals surface area contributed by atoms with Gasteiger partial charge in [-0.3, -0.25) is 4.68 Å². The smallest absolute Gasteiger partial charge is 0.335 e. The molecule has 8 nitrogen and oxygen atoms in total. The third-order valence-electron chi connectivity index (χ3n) is 4.02. The largest absolute Gasteiger partial charge is 0.478 e. The Labute approximate surface area is 145 Å². The van der Waals surface area contributed by atoms with Gasteiger partial charge in [-0.05, 0) is 23.8 Å². The molecular weight excluding hydrogens is 324 g/mol. The molecule has 8 heteroatoms. The fourth-order valence-corrected chi connectivity index (χ4v) is 2.69. The Hall–Kier alpha value is -2.87. The standard InChI is InChI=1S/C17H20N4O4/c22-16(23)14-4-2-13(3-5-14)10-18-17(24)20-8-9-25-15(11-20)12-21-7-1-6-19-21/h1-7,15H,8-12H2,(H,18,24)(H,22,23). The maximum absolute atomic E-state index is 12.3. The molecule has 1 aromatic heterocycles. The molecule has 132 valence electrons. The molecule has 2 heterocycles. The monoisotopic (exact) mass is 344 g/mol. The summed E-state index contributed by atoms with van der Waals surface area (Å²) in [7, 11) is 0. The van der Waals surface area contributed by atoms with Crippen molar-refractivity contribution in [3.8, 4) is 0 Å². The van der Waals surface area contributed by atoms with Gasteiger partial charge in [-0.2, -0.15) is 5.10 Å². The number of hydrogen-bond donors (Lipinski definition) is 2. The summed E-state index contributed by atoms with van der Waals surface area (Å²) in [5, 5.41) is 15.9. The highest BCUT2D eigenvalue weighted by atomic mass is 16.5. The number of morpholine rings is 1. The van der Waals surface area contributed by atoms with Crippen LogP contribution in [0.3, 0.4) is 0 Å². The van der Waals surface area contributed by atoms with E-state index in [1.165, 1.54) is 12.1 Å². The summed E-state index contributed by atoms with van der Waals surface area (Å²) < 4.78 is 7.48. The van der Waals surface area contributed by atoms with E-state index in [2.05, 4.69) is 10.4 Å². The quantitative estimate of drug-likeness (QED) is 0.849. The van der Waals surface area contributed by atoms with E-state index in [0.717, 1.165) is 5.56 Å². The van der Waals surface area contributed by atoms with E-state index in [9.17, 15) is 9.59 Å². The minimum Gasteiger partial charge on any atom is -0.478 e. The zero-order valence-corrected chi connectivity index (χ0v) is 13.7. The van der Waals surface area contributed by atoms with E-state index in [-0.39, 0.29) is 17.7 Å². The van der Waals surface area contributed by atoms with Gasteiger partial charge in [0.1, 0.15) is 0 Å². The van der Waals surface area contributed by atoms with E-state index in [4.69, 9.17) is 9.84 Å². The number of urea groups is 1. The van der Waals surface area contributed by atoms with E-state index in [1.54, 1.807) is 27.9 Å². The molecule has 1 aliphatic rings. The minimum absolute atomic E-state index is 0.0887. The zero-order valence-electron chi connectivity index (χ0n) is 13.7. The molecule has 0 spiro atoms. The number of amides is 2. The fourth-order valence-electron chi connectivity index (χ4n) is 2.69. The van der Waals surface area contributed by atoms with Crippen LogP contribution in [-0.4, -0.2) is 57.6 Å². The van der Waals surface area contributed by atoms with Crippen LogP contribution in [-0.2, 0) is 17.8 Å². The van der Waals surface area contributed by atoms with Crippen LogP contribution in [0.15, 0.2) is 42.7 Å². The van der Waals surface area contributed by atoms with Gasteiger partial charge in [0.05, 0.1) is 31.4 Å². The molecule has 1 saturated heterocycles. The van der Waals surface area contributed by atoms with Crippen molar-refractivity contribution in [2.75, 3.05) is 19.7 Å². The van der Waals surface area contributed by atoms with Crippen LogP contribution in [0.5, 0.6) is 0 Å². The molecule has 1 aromatic carbocycles. The molecule has 25 heavy (non-hydrogen) atoms. The second kappa shape index (κ2) is 7.80. The van der Waals surface area contributed by atoms with Crippen molar-refractivity contribution in [1.29, 1.82) is 0 Å². The Morgan fingerprint density at radius 3 is 2.80 bits per heavy atom. The number of aromatic carboxylic acids is 1. The molecule has 0 aliphatic carbocycles. The molecule has 1 fully saturated rings. The second-order valence-electron chi connectivity index (χ2n) is 5.83. The van der Waals surface area contributed by atoms with Gasteiger partial charge < -0.3 is 20.1 Å². The number of carbonyl (C=O) groups excluding carboxylic acids is 1. The van der Waals surface area contributed by atoms with Gasteiger partial charge >= 0.3 is 12.0 Å². The number of carbonyl (C=O) groups is 2. The number of ether oxygens (including phenoxy) is 1. The lowest BCUT2D eigenvalue weighted by molar-refractivity contribution is -0.0237. The highest BCUT2D eigenvalue weighted by molar-refractivity contribution is 5.87. The first-order valence-electron chi connectivity index (χ1n) is 8.06. The number of hydrogen-bond acceptors (Lipinski definition) is 4. The van der Waals surface area contributed by atoms with E-state index in [1.807, 2.05) is 12.3 Å². The first-order valence-corrected chi connectivity index (χ1v) is 8.06. The van der Waals surface area contributed by atoms with Gasteiger partial charge in [-0.15, -0.1) is 0 Å². The van der Waals surface area contributed by atoms with Crippen LogP contribution >= 0.6 is 0 Å². The second-order valence-corrected chi connectivity index (χ2v) is 5.83. The highest BCUT2D eigenvalue weighted by Crippen LogP contribution is 2.09. The van der Waals surface area contributed by atoms with Crippen molar-refractivity contribution in [1.82, 2.24) is 20.0 Å². The molecule has 3 rings (SSSR count). The maximum Gasteiger partial charge on any atom is 0.335 e. The summed E-state index contributed by atoms with van der Waals surface area (Å²) in [6.45, 7) is 2.49. The summed E-state index contributed by atoms with van der Waals surface area (Å²) in [5.41, 5.74) is 1.07. The van der Waals surface area contributed by atoms with Crippen LogP contribution in [0.1, 0.15) is 15.9 Å². The summed E-state index contributed by atoms with van der Waals surface area (Å²) in [6.07, 6.45) is 3.49.